The molecule has 1 aliphatic rings. The van der Waals surface area contributed by atoms with Crippen LogP contribution in [0.5, 0.6) is 0 Å². The summed E-state index contributed by atoms with van der Waals surface area (Å²) in [5.74, 6) is -0.375. The molecule has 2 unspecified atom stereocenters. The Morgan fingerprint density at radius 3 is 3.00 bits per heavy atom. The van der Waals surface area contributed by atoms with E-state index in [1.165, 1.54) is 0 Å². The Morgan fingerprint density at radius 2 is 2.60 bits per heavy atom. The van der Waals surface area contributed by atoms with Crippen LogP contribution in [0.4, 0.5) is 0 Å². The van der Waals surface area contributed by atoms with Gasteiger partial charge in [-0.1, -0.05) is 0 Å². The number of hydrogen-bond acceptors (Lipinski definition) is 5. The van der Waals surface area contributed by atoms with Gasteiger partial charge in [0.2, 0.25) is 5.78 Å². The zero-order chi connectivity index (χ0) is 7.56. The number of ketones is 1. The van der Waals surface area contributed by atoms with Crippen LogP contribution in [-0.4, -0.2) is 35.5 Å². The molecule has 0 spiro atoms. The number of aliphatic hydroxyl groups is 1. The summed E-state index contributed by atoms with van der Waals surface area (Å²) in [6.45, 7) is 0. The van der Waals surface area contributed by atoms with Gasteiger partial charge in [0.25, 0.3) is 0 Å². The summed E-state index contributed by atoms with van der Waals surface area (Å²) in [5.41, 5.74) is 2.30. The van der Waals surface area contributed by atoms with E-state index in [-0.39, 0.29) is 5.78 Å². The molecule has 0 bridgehead atoms. The van der Waals surface area contributed by atoms with Gasteiger partial charge in [-0.15, -0.1) is 0 Å². The van der Waals surface area contributed by atoms with Crippen molar-refractivity contribution in [2.75, 3.05) is 0 Å². The van der Waals surface area contributed by atoms with Crippen LogP contribution in [0, 0.1) is 0 Å². The highest BCUT2D eigenvalue weighted by Gasteiger charge is 2.27. The minimum absolute atomic E-state index is 0.296. The summed E-state index contributed by atoms with van der Waals surface area (Å²) in [4.78, 5) is 20.6. The monoisotopic (exact) mass is 142 g/mol. The molecule has 5 nitrogen and oxygen atoms in total. The van der Waals surface area contributed by atoms with Crippen molar-refractivity contribution >= 4 is 18.3 Å². The first-order chi connectivity index (χ1) is 4.75. The Kier molecular flexibility index (Phi) is 1.77. The maximum absolute atomic E-state index is 10.6. The highest BCUT2D eigenvalue weighted by atomic mass is 16.3. The second kappa shape index (κ2) is 2.57. The molecule has 0 aromatic carbocycles. The van der Waals surface area contributed by atoms with Gasteiger partial charge in [-0.05, 0) is 0 Å². The van der Waals surface area contributed by atoms with Crippen molar-refractivity contribution in [2.24, 2.45) is 5.10 Å². The van der Waals surface area contributed by atoms with Gasteiger partial charge in [0.1, 0.15) is 12.1 Å². The summed E-state index contributed by atoms with van der Waals surface area (Å²) in [7, 11) is 0. The fraction of sp³-hybridized carbons (Fsp3) is 0.400. The standard InChI is InChI=1S/C5H6N2O3/c8-2-4(10)5-3(9)1-6-7-5/h1-2,4-5,7,10H. The van der Waals surface area contributed by atoms with Gasteiger partial charge in [0.05, 0.1) is 6.21 Å². The van der Waals surface area contributed by atoms with E-state index >= 15 is 0 Å². The Balaban J connectivity index is 2.59. The van der Waals surface area contributed by atoms with Gasteiger partial charge in [0, 0.05) is 0 Å². The van der Waals surface area contributed by atoms with Crippen LogP contribution in [0.1, 0.15) is 0 Å². The number of aliphatic hydroxyl groups excluding tert-OH is 1. The number of aldehydes is 1. The van der Waals surface area contributed by atoms with Gasteiger partial charge in [-0.25, -0.2) is 0 Å². The number of carbonyl (C=O) groups excluding carboxylic acids is 2. The lowest BCUT2D eigenvalue weighted by atomic mass is 10.1. The lowest BCUT2D eigenvalue weighted by molar-refractivity contribution is -0.123. The van der Waals surface area contributed by atoms with Crippen LogP contribution in [0.15, 0.2) is 5.10 Å². The predicted octanol–water partition coefficient (Wildman–Crippen LogP) is -1.93. The average molecular weight is 142 g/mol. The van der Waals surface area contributed by atoms with Crippen molar-refractivity contribution in [1.29, 1.82) is 0 Å². The Bertz CT molecular complexity index is 189. The van der Waals surface area contributed by atoms with Crippen LogP contribution in [-0.2, 0) is 9.59 Å². The predicted molar refractivity (Wildman–Crippen MR) is 32.5 cm³/mol. The minimum Gasteiger partial charge on any atom is -0.383 e. The average Bonchev–Trinajstić information content (AvgIpc) is 2.34. The molecule has 2 N–H and O–H groups in total. The third-order valence-corrected chi connectivity index (χ3v) is 1.19. The molecule has 1 aliphatic heterocycles. The van der Waals surface area contributed by atoms with Crippen molar-refractivity contribution in [3.05, 3.63) is 0 Å². The van der Waals surface area contributed by atoms with E-state index in [9.17, 15) is 9.59 Å². The van der Waals surface area contributed by atoms with Gasteiger partial charge in [-0.3, -0.25) is 10.2 Å². The summed E-state index contributed by atoms with van der Waals surface area (Å²) in [6.07, 6.45) is 0.0387. The molecule has 0 aromatic heterocycles. The second-order valence-corrected chi connectivity index (χ2v) is 1.89. The molecule has 1 rings (SSSR count). The fourth-order valence-corrected chi connectivity index (χ4v) is 0.648. The third-order valence-electron chi connectivity index (χ3n) is 1.19. The van der Waals surface area contributed by atoms with E-state index in [1.54, 1.807) is 0 Å². The van der Waals surface area contributed by atoms with Crippen molar-refractivity contribution in [1.82, 2.24) is 5.43 Å². The summed E-state index contributed by atoms with van der Waals surface area (Å²) in [5, 5.41) is 12.2. The molecule has 0 aromatic rings. The summed E-state index contributed by atoms with van der Waals surface area (Å²) in [6, 6.07) is -0.877. The zero-order valence-corrected chi connectivity index (χ0v) is 5.02. The maximum Gasteiger partial charge on any atom is 0.202 e. The van der Waals surface area contributed by atoms with Crippen LogP contribution >= 0.6 is 0 Å². The number of rotatable bonds is 2. The Hall–Kier alpha value is -1.23. The van der Waals surface area contributed by atoms with E-state index in [1.807, 2.05) is 0 Å². The van der Waals surface area contributed by atoms with Crippen LogP contribution in [0.25, 0.3) is 0 Å². The lowest BCUT2D eigenvalue weighted by Crippen LogP contribution is -2.40. The van der Waals surface area contributed by atoms with Gasteiger partial charge >= 0.3 is 0 Å². The van der Waals surface area contributed by atoms with Crippen LogP contribution < -0.4 is 5.43 Å². The van der Waals surface area contributed by atoms with Crippen LogP contribution in [0.2, 0.25) is 0 Å². The number of hydrazone groups is 1. The molecule has 0 aliphatic carbocycles. The molecular weight excluding hydrogens is 136 g/mol. The minimum atomic E-state index is -1.30. The van der Waals surface area contributed by atoms with E-state index in [4.69, 9.17) is 5.11 Å². The largest absolute Gasteiger partial charge is 0.383 e. The number of nitrogens with one attached hydrogen (secondary N) is 1. The van der Waals surface area contributed by atoms with Crippen LogP contribution in [0.3, 0.4) is 0 Å². The lowest BCUT2D eigenvalue weighted by Gasteiger charge is -2.08. The molecule has 2 atom stereocenters. The topological polar surface area (TPSA) is 78.8 Å². The van der Waals surface area contributed by atoms with Gasteiger partial charge in [0.15, 0.2) is 6.29 Å². The number of Topliss-reactive ketones (excluding diaryl/α,β-unsaturated/α-hetero) is 1. The van der Waals surface area contributed by atoms with E-state index in [0.717, 1.165) is 6.21 Å². The Morgan fingerprint density at radius 1 is 1.90 bits per heavy atom. The third kappa shape index (κ3) is 1.03. The number of hydrogen-bond donors (Lipinski definition) is 2. The molecule has 1 heterocycles. The molecule has 54 valence electrons. The molecule has 0 saturated heterocycles. The fourth-order valence-electron chi connectivity index (χ4n) is 0.648. The van der Waals surface area contributed by atoms with E-state index < -0.39 is 12.1 Å². The van der Waals surface area contributed by atoms with Crippen molar-refractivity contribution in [2.45, 2.75) is 12.1 Å². The van der Waals surface area contributed by atoms with Crippen molar-refractivity contribution in [3.8, 4) is 0 Å². The van der Waals surface area contributed by atoms with Crippen molar-refractivity contribution in [3.63, 3.8) is 0 Å². The second-order valence-electron chi connectivity index (χ2n) is 1.89. The van der Waals surface area contributed by atoms with E-state index in [0.29, 0.717) is 6.29 Å². The normalized spacial score (nSPS) is 26.1. The molecule has 0 radical (unpaired) electrons. The highest BCUT2D eigenvalue weighted by molar-refractivity contribution is 6.31. The van der Waals surface area contributed by atoms with Gasteiger partial charge < -0.3 is 9.90 Å². The zero-order valence-electron chi connectivity index (χ0n) is 5.02. The first kappa shape index (κ1) is 6.88. The van der Waals surface area contributed by atoms with Gasteiger partial charge in [-0.2, -0.15) is 5.10 Å². The molecular formula is C5H6N2O3. The van der Waals surface area contributed by atoms with Crippen molar-refractivity contribution < 1.29 is 14.7 Å². The molecule has 10 heavy (non-hydrogen) atoms. The molecule has 5 heteroatoms. The SMILES string of the molecule is O=CC(O)C1NN=CC1=O. The molecule has 0 saturated carbocycles. The Labute approximate surface area is 56.7 Å². The smallest absolute Gasteiger partial charge is 0.202 e. The number of carbonyl (C=O) groups is 2. The quantitative estimate of drug-likeness (QED) is 0.440. The van der Waals surface area contributed by atoms with E-state index in [2.05, 4.69) is 10.5 Å². The first-order valence-corrected chi connectivity index (χ1v) is 2.71. The number of nitrogens with zero attached hydrogens (tertiary/aromatic N) is 1. The molecule has 0 fully saturated rings. The summed E-state index contributed by atoms with van der Waals surface area (Å²) >= 11 is 0. The highest BCUT2D eigenvalue weighted by Crippen LogP contribution is 1.96. The first-order valence-electron chi connectivity index (χ1n) is 2.71. The molecule has 0 amide bonds. The maximum atomic E-state index is 10.6. The summed E-state index contributed by atoms with van der Waals surface area (Å²) < 4.78 is 0.